The number of anilines is 2. The lowest BCUT2D eigenvalue weighted by molar-refractivity contribution is -0.115. The average Bonchev–Trinajstić information content (AvgIpc) is 3.20. The van der Waals surface area contributed by atoms with E-state index in [0.29, 0.717) is 4.88 Å². The summed E-state index contributed by atoms with van der Waals surface area (Å²) in [6.45, 7) is 1.86. The van der Waals surface area contributed by atoms with Crippen molar-refractivity contribution >= 4 is 62.2 Å². The Labute approximate surface area is 174 Å². The van der Waals surface area contributed by atoms with Crippen LogP contribution in [0.1, 0.15) is 16.6 Å². The standard InChI is InChI=1S/C20H17BrN2O2S2/c1-13(19(24)23-17-6-3-2-5-16(17)21)27-15-10-8-14(9-11-15)22-20(25)18-7-4-12-26-18/h2-13H,1H3,(H,22,25)(H,23,24). The second kappa shape index (κ2) is 9.21. The maximum absolute atomic E-state index is 12.4. The van der Waals surface area contributed by atoms with Crippen LogP contribution in [-0.2, 0) is 4.79 Å². The normalized spacial score (nSPS) is 11.6. The van der Waals surface area contributed by atoms with Gasteiger partial charge in [0.1, 0.15) is 0 Å². The van der Waals surface area contributed by atoms with E-state index in [9.17, 15) is 9.59 Å². The van der Waals surface area contributed by atoms with E-state index >= 15 is 0 Å². The van der Waals surface area contributed by atoms with Gasteiger partial charge in [-0.2, -0.15) is 0 Å². The second-order valence-electron chi connectivity index (χ2n) is 5.68. The fourth-order valence-electron chi connectivity index (χ4n) is 2.27. The lowest BCUT2D eigenvalue weighted by Gasteiger charge is -2.13. The summed E-state index contributed by atoms with van der Waals surface area (Å²) in [6, 6.07) is 18.6. The predicted octanol–water partition coefficient (Wildman–Crippen LogP) is 5.88. The van der Waals surface area contributed by atoms with Gasteiger partial charge in [-0.3, -0.25) is 9.59 Å². The van der Waals surface area contributed by atoms with Gasteiger partial charge < -0.3 is 10.6 Å². The summed E-state index contributed by atoms with van der Waals surface area (Å²) in [5.41, 5.74) is 1.48. The van der Waals surface area contributed by atoms with Gasteiger partial charge in [0.05, 0.1) is 15.8 Å². The summed E-state index contributed by atoms with van der Waals surface area (Å²) in [5.74, 6) is -0.187. The number of amides is 2. The first-order valence-electron chi connectivity index (χ1n) is 8.20. The van der Waals surface area contributed by atoms with Gasteiger partial charge in [0.25, 0.3) is 5.91 Å². The molecule has 1 unspecified atom stereocenters. The lowest BCUT2D eigenvalue weighted by Crippen LogP contribution is -2.22. The van der Waals surface area contributed by atoms with Crippen molar-refractivity contribution in [2.75, 3.05) is 10.6 Å². The number of thioether (sulfide) groups is 1. The van der Waals surface area contributed by atoms with E-state index in [0.717, 1.165) is 20.7 Å². The number of nitrogens with one attached hydrogen (secondary N) is 2. The summed E-state index contributed by atoms with van der Waals surface area (Å²) in [4.78, 5) is 26.1. The molecule has 0 spiro atoms. The SMILES string of the molecule is CC(Sc1ccc(NC(=O)c2cccs2)cc1)C(=O)Nc1ccccc1Br. The van der Waals surface area contributed by atoms with E-state index in [1.54, 1.807) is 6.07 Å². The van der Waals surface area contributed by atoms with Crippen LogP contribution in [-0.4, -0.2) is 17.1 Å². The molecule has 0 fully saturated rings. The highest BCUT2D eigenvalue weighted by atomic mass is 79.9. The second-order valence-corrected chi connectivity index (χ2v) is 8.90. The average molecular weight is 461 g/mol. The van der Waals surface area contributed by atoms with Crippen LogP contribution < -0.4 is 10.6 Å². The summed E-state index contributed by atoms with van der Waals surface area (Å²) < 4.78 is 0.849. The molecule has 27 heavy (non-hydrogen) atoms. The molecule has 138 valence electrons. The number of para-hydroxylation sites is 1. The molecule has 3 aromatic rings. The Kier molecular flexibility index (Phi) is 6.71. The molecular weight excluding hydrogens is 444 g/mol. The molecule has 1 aromatic heterocycles. The van der Waals surface area contributed by atoms with Crippen molar-refractivity contribution in [3.63, 3.8) is 0 Å². The van der Waals surface area contributed by atoms with Crippen LogP contribution in [0.4, 0.5) is 11.4 Å². The number of hydrogen-bond acceptors (Lipinski definition) is 4. The Balaban J connectivity index is 1.56. The van der Waals surface area contributed by atoms with Gasteiger partial charge in [0, 0.05) is 15.1 Å². The molecule has 1 heterocycles. The zero-order valence-corrected chi connectivity index (χ0v) is 17.7. The Hall–Kier alpha value is -2.09. The van der Waals surface area contributed by atoms with Crippen LogP contribution in [0.25, 0.3) is 0 Å². The number of benzene rings is 2. The van der Waals surface area contributed by atoms with Crippen molar-refractivity contribution in [3.8, 4) is 0 Å². The molecule has 7 heteroatoms. The zero-order chi connectivity index (χ0) is 19.2. The van der Waals surface area contributed by atoms with Gasteiger partial charge in [-0.15, -0.1) is 23.1 Å². The minimum Gasteiger partial charge on any atom is -0.324 e. The number of rotatable bonds is 6. The van der Waals surface area contributed by atoms with Gasteiger partial charge in [0.15, 0.2) is 0 Å². The zero-order valence-electron chi connectivity index (χ0n) is 14.4. The van der Waals surface area contributed by atoms with Crippen molar-refractivity contribution in [3.05, 3.63) is 75.4 Å². The summed E-state index contributed by atoms with van der Waals surface area (Å²) in [5, 5.41) is 7.39. The topological polar surface area (TPSA) is 58.2 Å². The number of halogens is 1. The molecule has 0 saturated carbocycles. The molecule has 0 aliphatic carbocycles. The summed E-state index contributed by atoms with van der Waals surface area (Å²) >= 11 is 6.29. The van der Waals surface area contributed by atoms with Gasteiger partial charge in [-0.25, -0.2) is 0 Å². The molecule has 1 atom stereocenters. The van der Waals surface area contributed by atoms with Crippen molar-refractivity contribution in [1.82, 2.24) is 0 Å². The fraction of sp³-hybridized carbons (Fsp3) is 0.100. The van der Waals surface area contributed by atoms with E-state index in [4.69, 9.17) is 0 Å². The summed E-state index contributed by atoms with van der Waals surface area (Å²) in [6.07, 6.45) is 0. The maximum atomic E-state index is 12.4. The van der Waals surface area contributed by atoms with Crippen molar-refractivity contribution in [1.29, 1.82) is 0 Å². The lowest BCUT2D eigenvalue weighted by atomic mass is 10.3. The molecule has 0 aliphatic rings. The highest BCUT2D eigenvalue weighted by Gasteiger charge is 2.15. The number of hydrogen-bond donors (Lipinski definition) is 2. The Morgan fingerprint density at radius 1 is 1.00 bits per heavy atom. The third-order valence-electron chi connectivity index (χ3n) is 3.67. The third-order valence-corrected chi connectivity index (χ3v) is 6.34. The van der Waals surface area contributed by atoms with Crippen LogP contribution in [0.5, 0.6) is 0 Å². The van der Waals surface area contributed by atoms with E-state index in [1.165, 1.54) is 23.1 Å². The van der Waals surface area contributed by atoms with Crippen LogP contribution >= 0.6 is 39.0 Å². The monoisotopic (exact) mass is 460 g/mol. The van der Waals surface area contributed by atoms with Crippen molar-refractivity contribution < 1.29 is 9.59 Å². The van der Waals surface area contributed by atoms with E-state index < -0.39 is 0 Å². The van der Waals surface area contributed by atoms with E-state index in [-0.39, 0.29) is 17.1 Å². The molecule has 2 amide bonds. The predicted molar refractivity (Wildman–Crippen MR) is 117 cm³/mol. The van der Waals surface area contributed by atoms with E-state index in [1.807, 2.05) is 66.9 Å². The summed E-state index contributed by atoms with van der Waals surface area (Å²) in [7, 11) is 0. The first kappa shape index (κ1) is 19.7. The molecule has 2 N–H and O–H groups in total. The molecule has 4 nitrogen and oxygen atoms in total. The van der Waals surface area contributed by atoms with Gasteiger partial charge >= 0.3 is 0 Å². The van der Waals surface area contributed by atoms with Crippen LogP contribution in [0, 0.1) is 0 Å². The van der Waals surface area contributed by atoms with Crippen molar-refractivity contribution in [2.45, 2.75) is 17.1 Å². The molecule has 0 aliphatic heterocycles. The van der Waals surface area contributed by atoms with Crippen LogP contribution in [0.3, 0.4) is 0 Å². The van der Waals surface area contributed by atoms with E-state index in [2.05, 4.69) is 26.6 Å². The first-order valence-corrected chi connectivity index (χ1v) is 10.7. The van der Waals surface area contributed by atoms with Gasteiger partial charge in [0.2, 0.25) is 5.91 Å². The highest BCUT2D eigenvalue weighted by Crippen LogP contribution is 2.27. The Bertz CT molecular complexity index is 927. The van der Waals surface area contributed by atoms with Gasteiger partial charge in [-0.05, 0) is 70.7 Å². The minimum absolute atomic E-state index is 0.0676. The van der Waals surface area contributed by atoms with Crippen LogP contribution in [0.2, 0.25) is 0 Å². The smallest absolute Gasteiger partial charge is 0.265 e. The highest BCUT2D eigenvalue weighted by molar-refractivity contribution is 9.10. The Morgan fingerprint density at radius 2 is 1.74 bits per heavy atom. The number of carbonyl (C=O) groups excluding carboxylic acids is 2. The first-order chi connectivity index (χ1) is 13.0. The third kappa shape index (κ3) is 5.45. The Morgan fingerprint density at radius 3 is 2.41 bits per heavy atom. The molecule has 0 bridgehead atoms. The maximum Gasteiger partial charge on any atom is 0.265 e. The van der Waals surface area contributed by atoms with Crippen LogP contribution in [0.15, 0.2) is 75.4 Å². The largest absolute Gasteiger partial charge is 0.324 e. The molecule has 0 saturated heterocycles. The van der Waals surface area contributed by atoms with Gasteiger partial charge in [-0.1, -0.05) is 18.2 Å². The molecular formula is C20H17BrN2O2S2. The molecule has 0 radical (unpaired) electrons. The van der Waals surface area contributed by atoms with Crippen molar-refractivity contribution in [2.24, 2.45) is 0 Å². The number of thiophene rings is 1. The number of carbonyl (C=O) groups is 2. The minimum atomic E-state index is -0.260. The quantitative estimate of drug-likeness (QED) is 0.451. The fourth-order valence-corrected chi connectivity index (χ4v) is 4.14. The molecule has 3 rings (SSSR count). The molecule has 2 aromatic carbocycles.